The lowest BCUT2D eigenvalue weighted by Gasteiger charge is -2.18. The zero-order valence-corrected chi connectivity index (χ0v) is 12.2. The number of urea groups is 1. The molecule has 0 radical (unpaired) electrons. The molecule has 0 heterocycles. The maximum absolute atomic E-state index is 13.1. The van der Waals surface area contributed by atoms with Crippen LogP contribution in [-0.2, 0) is 13.0 Å². The molecule has 22 heavy (non-hydrogen) atoms. The molecule has 0 aromatic heterocycles. The fourth-order valence-electron chi connectivity index (χ4n) is 2.00. The van der Waals surface area contributed by atoms with Gasteiger partial charge in [0.25, 0.3) is 0 Å². The summed E-state index contributed by atoms with van der Waals surface area (Å²) < 4.78 is 13.1. The van der Waals surface area contributed by atoms with Crippen LogP contribution in [0, 0.1) is 17.1 Å². The van der Waals surface area contributed by atoms with Crippen LogP contribution >= 0.6 is 0 Å². The van der Waals surface area contributed by atoms with E-state index in [0.717, 1.165) is 11.1 Å². The molecule has 112 valence electrons. The van der Waals surface area contributed by atoms with E-state index in [1.54, 1.807) is 43.4 Å². The molecule has 0 fully saturated rings. The highest BCUT2D eigenvalue weighted by atomic mass is 19.1. The van der Waals surface area contributed by atoms with Gasteiger partial charge < -0.3 is 10.2 Å². The molecule has 0 aliphatic heterocycles. The number of hydrogen-bond donors (Lipinski definition) is 1. The number of benzene rings is 2. The summed E-state index contributed by atoms with van der Waals surface area (Å²) in [6.07, 6.45) is 0.341. The second kappa shape index (κ2) is 7.23. The Bertz CT molecular complexity index is 692. The first-order chi connectivity index (χ1) is 10.6. The predicted molar refractivity (Wildman–Crippen MR) is 82.6 cm³/mol. The molecule has 5 heteroatoms. The Morgan fingerprint density at radius 1 is 1.23 bits per heavy atom. The number of anilines is 1. The summed E-state index contributed by atoms with van der Waals surface area (Å²) in [5.74, 6) is -0.320. The molecule has 0 bridgehead atoms. The van der Waals surface area contributed by atoms with E-state index in [2.05, 4.69) is 11.4 Å². The highest BCUT2D eigenvalue weighted by molar-refractivity contribution is 5.89. The third-order valence-electron chi connectivity index (χ3n) is 3.14. The van der Waals surface area contributed by atoms with Crippen molar-refractivity contribution in [2.45, 2.75) is 13.0 Å². The van der Waals surface area contributed by atoms with E-state index >= 15 is 0 Å². The van der Waals surface area contributed by atoms with Crippen LogP contribution in [0.3, 0.4) is 0 Å². The second-order valence-electron chi connectivity index (χ2n) is 4.95. The van der Waals surface area contributed by atoms with Crippen molar-refractivity contribution in [1.82, 2.24) is 4.90 Å². The Kier molecular flexibility index (Phi) is 5.10. The van der Waals surface area contributed by atoms with Crippen LogP contribution in [-0.4, -0.2) is 18.0 Å². The number of carbonyl (C=O) groups is 1. The molecule has 2 rings (SSSR count). The lowest BCUT2D eigenvalue weighted by atomic mass is 10.1. The first kappa shape index (κ1) is 15.5. The van der Waals surface area contributed by atoms with Crippen molar-refractivity contribution in [3.8, 4) is 6.07 Å². The number of nitrogens with zero attached hydrogens (tertiary/aromatic N) is 2. The first-order valence-electron chi connectivity index (χ1n) is 6.81. The molecule has 0 saturated heterocycles. The number of rotatable bonds is 4. The zero-order chi connectivity index (χ0) is 15.9. The van der Waals surface area contributed by atoms with E-state index in [0.29, 0.717) is 18.7 Å². The van der Waals surface area contributed by atoms with Gasteiger partial charge in [-0.2, -0.15) is 5.26 Å². The minimum Gasteiger partial charge on any atom is -0.323 e. The van der Waals surface area contributed by atoms with Gasteiger partial charge in [0, 0.05) is 19.3 Å². The number of nitriles is 1. The van der Waals surface area contributed by atoms with Gasteiger partial charge in [-0.15, -0.1) is 0 Å². The fraction of sp³-hybridized carbons (Fsp3) is 0.176. The minimum atomic E-state index is -0.320. The van der Waals surface area contributed by atoms with Crippen molar-refractivity contribution in [2.24, 2.45) is 0 Å². The van der Waals surface area contributed by atoms with Crippen molar-refractivity contribution in [1.29, 1.82) is 5.26 Å². The monoisotopic (exact) mass is 297 g/mol. The second-order valence-corrected chi connectivity index (χ2v) is 4.95. The lowest BCUT2D eigenvalue weighted by molar-refractivity contribution is 0.220. The smallest absolute Gasteiger partial charge is 0.321 e. The molecule has 2 aromatic rings. The summed E-state index contributed by atoms with van der Waals surface area (Å²) in [6, 6.07) is 15.0. The Labute approximate surface area is 128 Å². The van der Waals surface area contributed by atoms with E-state index in [1.807, 2.05) is 0 Å². The van der Waals surface area contributed by atoms with Gasteiger partial charge in [0.05, 0.1) is 12.5 Å². The summed E-state index contributed by atoms with van der Waals surface area (Å²) in [5, 5.41) is 11.4. The molecule has 4 nitrogen and oxygen atoms in total. The summed E-state index contributed by atoms with van der Waals surface area (Å²) in [6.45, 7) is 0.316. The molecule has 0 aliphatic rings. The van der Waals surface area contributed by atoms with Gasteiger partial charge in [-0.05, 0) is 35.4 Å². The molecule has 1 N–H and O–H groups in total. The zero-order valence-electron chi connectivity index (χ0n) is 12.2. The van der Waals surface area contributed by atoms with Crippen LogP contribution in [0.4, 0.5) is 14.9 Å². The first-order valence-corrected chi connectivity index (χ1v) is 6.81. The van der Waals surface area contributed by atoms with Crippen LogP contribution in [0.5, 0.6) is 0 Å². The number of amides is 2. The van der Waals surface area contributed by atoms with Crippen LogP contribution in [0.15, 0.2) is 48.5 Å². The molecule has 2 aromatic carbocycles. The van der Waals surface area contributed by atoms with Crippen molar-refractivity contribution >= 4 is 11.7 Å². The van der Waals surface area contributed by atoms with E-state index in [-0.39, 0.29) is 11.8 Å². The molecule has 2 amide bonds. The average molecular weight is 297 g/mol. The summed E-state index contributed by atoms with van der Waals surface area (Å²) in [5.41, 5.74) is 2.27. The summed E-state index contributed by atoms with van der Waals surface area (Å²) in [7, 11) is 1.64. The van der Waals surface area contributed by atoms with E-state index < -0.39 is 0 Å². The maximum atomic E-state index is 13.1. The quantitative estimate of drug-likeness (QED) is 0.938. The molecule has 0 unspecified atom stereocenters. The van der Waals surface area contributed by atoms with Gasteiger partial charge in [0.1, 0.15) is 5.82 Å². The third kappa shape index (κ3) is 4.32. The Balaban J connectivity index is 1.95. The highest BCUT2D eigenvalue weighted by Crippen LogP contribution is 2.12. The minimum absolute atomic E-state index is 0.280. The van der Waals surface area contributed by atoms with Gasteiger partial charge in [-0.3, -0.25) is 0 Å². The molecule has 0 saturated carbocycles. The Hall–Kier alpha value is -2.87. The fourth-order valence-corrected chi connectivity index (χ4v) is 2.00. The largest absolute Gasteiger partial charge is 0.323 e. The average Bonchev–Trinajstić information content (AvgIpc) is 2.49. The SMILES string of the molecule is CN(Cc1cccc(F)c1)C(=O)Nc1ccc(CC#N)cc1. The van der Waals surface area contributed by atoms with Gasteiger partial charge >= 0.3 is 6.03 Å². The Morgan fingerprint density at radius 3 is 2.59 bits per heavy atom. The van der Waals surface area contributed by atoms with E-state index in [4.69, 9.17) is 5.26 Å². The Morgan fingerprint density at radius 2 is 1.95 bits per heavy atom. The van der Waals surface area contributed by atoms with Gasteiger partial charge in [-0.25, -0.2) is 9.18 Å². The van der Waals surface area contributed by atoms with Crippen LogP contribution in [0.2, 0.25) is 0 Å². The van der Waals surface area contributed by atoms with E-state index in [9.17, 15) is 9.18 Å². The standard InChI is InChI=1S/C17H16FN3O/c1-21(12-14-3-2-4-15(18)11-14)17(22)20-16-7-5-13(6-8-16)9-10-19/h2-8,11H,9,12H2,1H3,(H,20,22). The highest BCUT2D eigenvalue weighted by Gasteiger charge is 2.09. The van der Waals surface area contributed by atoms with Crippen molar-refractivity contribution in [3.05, 3.63) is 65.5 Å². The summed E-state index contributed by atoms with van der Waals surface area (Å²) in [4.78, 5) is 13.6. The lowest BCUT2D eigenvalue weighted by Crippen LogP contribution is -2.30. The molecular weight excluding hydrogens is 281 g/mol. The van der Waals surface area contributed by atoms with Gasteiger partial charge in [-0.1, -0.05) is 24.3 Å². The van der Waals surface area contributed by atoms with Gasteiger partial charge in [0.15, 0.2) is 0 Å². The van der Waals surface area contributed by atoms with E-state index in [1.165, 1.54) is 17.0 Å². The molecule has 0 aliphatic carbocycles. The number of halogens is 1. The normalized spacial score (nSPS) is 9.86. The van der Waals surface area contributed by atoms with Crippen molar-refractivity contribution in [2.75, 3.05) is 12.4 Å². The van der Waals surface area contributed by atoms with Crippen molar-refractivity contribution in [3.63, 3.8) is 0 Å². The van der Waals surface area contributed by atoms with Crippen LogP contribution in [0.1, 0.15) is 11.1 Å². The molecular formula is C17H16FN3O. The number of carbonyl (C=O) groups excluding carboxylic acids is 1. The number of hydrogen-bond acceptors (Lipinski definition) is 2. The maximum Gasteiger partial charge on any atom is 0.321 e. The van der Waals surface area contributed by atoms with Crippen LogP contribution < -0.4 is 5.32 Å². The third-order valence-corrected chi connectivity index (χ3v) is 3.14. The summed E-state index contributed by atoms with van der Waals surface area (Å²) >= 11 is 0. The molecule has 0 spiro atoms. The number of nitrogens with one attached hydrogen (secondary N) is 1. The van der Waals surface area contributed by atoms with Crippen molar-refractivity contribution < 1.29 is 9.18 Å². The van der Waals surface area contributed by atoms with Crippen LogP contribution in [0.25, 0.3) is 0 Å². The topological polar surface area (TPSA) is 56.1 Å². The van der Waals surface area contributed by atoms with Gasteiger partial charge in [0.2, 0.25) is 0 Å². The predicted octanol–water partition coefficient (Wildman–Crippen LogP) is 3.56. The molecule has 0 atom stereocenters.